The summed E-state index contributed by atoms with van der Waals surface area (Å²) in [5.74, 6) is 0. The van der Waals surface area contributed by atoms with E-state index >= 15 is 0 Å². The molecule has 21 heavy (non-hydrogen) atoms. The van der Waals surface area contributed by atoms with Crippen LogP contribution in [-0.2, 0) is 11.8 Å². The van der Waals surface area contributed by atoms with Gasteiger partial charge in [0.25, 0.3) is 0 Å². The number of halogens is 1. The van der Waals surface area contributed by atoms with Crippen LogP contribution in [0.1, 0.15) is 24.0 Å². The maximum atomic E-state index is 9.81. The van der Waals surface area contributed by atoms with E-state index in [1.807, 2.05) is 36.4 Å². The molecule has 2 N–H and O–H groups in total. The Morgan fingerprint density at radius 1 is 0.905 bits per heavy atom. The van der Waals surface area contributed by atoms with Gasteiger partial charge in [0.1, 0.15) is 0 Å². The summed E-state index contributed by atoms with van der Waals surface area (Å²) < 4.78 is 0. The molecule has 2 aromatic rings. The molecule has 0 heterocycles. The second-order valence-corrected chi connectivity index (χ2v) is 5.88. The zero-order chi connectivity index (χ0) is 15.1. The maximum Gasteiger partial charge on any atom is 0.0550 e. The van der Waals surface area contributed by atoms with Gasteiger partial charge in [-0.3, -0.25) is 0 Å². The molecule has 112 valence electrons. The van der Waals surface area contributed by atoms with Gasteiger partial charge in [0.15, 0.2) is 0 Å². The van der Waals surface area contributed by atoms with Crippen molar-refractivity contribution < 1.29 is 10.2 Å². The molecule has 0 saturated carbocycles. The zero-order valence-corrected chi connectivity index (χ0v) is 12.8. The van der Waals surface area contributed by atoms with Crippen LogP contribution >= 0.6 is 11.6 Å². The van der Waals surface area contributed by atoms with E-state index in [1.165, 1.54) is 5.56 Å². The summed E-state index contributed by atoms with van der Waals surface area (Å²) in [6.45, 7) is -0.169. The van der Waals surface area contributed by atoms with Gasteiger partial charge in [0.05, 0.1) is 13.2 Å². The van der Waals surface area contributed by atoms with Gasteiger partial charge in [-0.15, -0.1) is 0 Å². The number of hydrogen-bond donors (Lipinski definition) is 2. The second-order valence-electron chi connectivity index (χ2n) is 5.45. The Morgan fingerprint density at radius 2 is 1.62 bits per heavy atom. The summed E-state index contributed by atoms with van der Waals surface area (Å²) in [5, 5.41) is 20.3. The van der Waals surface area contributed by atoms with Crippen molar-refractivity contribution in [2.45, 2.75) is 24.7 Å². The van der Waals surface area contributed by atoms with Crippen molar-refractivity contribution in [2.24, 2.45) is 0 Å². The first-order valence-electron chi connectivity index (χ1n) is 7.22. The fourth-order valence-electron chi connectivity index (χ4n) is 2.63. The molecule has 0 radical (unpaired) electrons. The lowest BCUT2D eigenvalue weighted by molar-refractivity contribution is 0.108. The molecular weight excluding hydrogens is 284 g/mol. The van der Waals surface area contributed by atoms with Crippen molar-refractivity contribution in [1.82, 2.24) is 0 Å². The van der Waals surface area contributed by atoms with Crippen molar-refractivity contribution in [3.63, 3.8) is 0 Å². The summed E-state index contributed by atoms with van der Waals surface area (Å²) in [4.78, 5) is 0. The maximum absolute atomic E-state index is 9.81. The third kappa shape index (κ3) is 4.07. The van der Waals surface area contributed by atoms with Crippen LogP contribution in [-0.4, -0.2) is 23.4 Å². The van der Waals surface area contributed by atoms with Gasteiger partial charge in [0, 0.05) is 10.4 Å². The van der Waals surface area contributed by atoms with E-state index in [-0.39, 0.29) is 13.2 Å². The van der Waals surface area contributed by atoms with Crippen molar-refractivity contribution in [1.29, 1.82) is 0 Å². The minimum atomic E-state index is -0.625. The van der Waals surface area contributed by atoms with E-state index in [4.69, 9.17) is 11.6 Å². The van der Waals surface area contributed by atoms with Crippen LogP contribution in [0.25, 0.3) is 0 Å². The monoisotopic (exact) mass is 304 g/mol. The molecule has 0 unspecified atom stereocenters. The Balaban J connectivity index is 2.08. The summed E-state index contributed by atoms with van der Waals surface area (Å²) in [6.07, 6.45) is 2.55. The molecule has 3 heteroatoms. The number of aryl methyl sites for hydroxylation is 1. The molecular formula is C18H21ClO2. The lowest BCUT2D eigenvalue weighted by Gasteiger charge is -2.30. The Morgan fingerprint density at radius 3 is 2.24 bits per heavy atom. The lowest BCUT2D eigenvalue weighted by atomic mass is 9.77. The SMILES string of the molecule is OCC(CO)(CCCc1ccccc1)c1cccc(Cl)c1. The predicted octanol–water partition coefficient (Wildman–Crippen LogP) is 3.59. The van der Waals surface area contributed by atoms with Crippen LogP contribution in [0.5, 0.6) is 0 Å². The third-order valence-electron chi connectivity index (χ3n) is 4.01. The molecule has 0 aliphatic rings. The Kier molecular flexibility index (Phi) is 5.80. The average Bonchev–Trinajstić information content (AvgIpc) is 2.53. The fourth-order valence-corrected chi connectivity index (χ4v) is 2.82. The summed E-state index contributed by atoms with van der Waals surface area (Å²) in [7, 11) is 0. The van der Waals surface area contributed by atoms with Crippen molar-refractivity contribution in [2.75, 3.05) is 13.2 Å². The number of aliphatic hydroxyl groups is 2. The topological polar surface area (TPSA) is 40.5 Å². The molecule has 0 saturated heterocycles. The van der Waals surface area contributed by atoms with E-state index in [9.17, 15) is 10.2 Å². The molecule has 0 aromatic heterocycles. The Labute approximate surface area is 131 Å². The minimum absolute atomic E-state index is 0.0847. The summed E-state index contributed by atoms with van der Waals surface area (Å²) >= 11 is 6.03. The van der Waals surface area contributed by atoms with Crippen LogP contribution in [0.15, 0.2) is 54.6 Å². The van der Waals surface area contributed by atoms with Crippen LogP contribution < -0.4 is 0 Å². The number of aliphatic hydroxyl groups excluding tert-OH is 2. The number of benzene rings is 2. The minimum Gasteiger partial charge on any atom is -0.395 e. The standard InChI is InChI=1S/C18H21ClO2/c19-17-10-4-9-16(12-17)18(13-20,14-21)11-5-8-15-6-2-1-3-7-15/h1-4,6-7,9-10,12,20-21H,5,8,11,13-14H2. The van der Waals surface area contributed by atoms with E-state index < -0.39 is 5.41 Å². The molecule has 2 aromatic carbocycles. The highest BCUT2D eigenvalue weighted by molar-refractivity contribution is 6.30. The van der Waals surface area contributed by atoms with E-state index in [1.54, 1.807) is 6.07 Å². The molecule has 2 rings (SSSR count). The van der Waals surface area contributed by atoms with Gasteiger partial charge in [-0.25, -0.2) is 0 Å². The number of rotatable bonds is 7. The van der Waals surface area contributed by atoms with Crippen molar-refractivity contribution >= 4 is 11.6 Å². The van der Waals surface area contributed by atoms with Gasteiger partial charge in [-0.1, -0.05) is 54.1 Å². The van der Waals surface area contributed by atoms with Crippen molar-refractivity contribution in [3.05, 3.63) is 70.7 Å². The largest absolute Gasteiger partial charge is 0.395 e. The molecule has 0 atom stereocenters. The zero-order valence-electron chi connectivity index (χ0n) is 12.0. The molecule has 0 aliphatic carbocycles. The van der Waals surface area contributed by atoms with Crippen LogP contribution in [0.2, 0.25) is 5.02 Å². The van der Waals surface area contributed by atoms with Gasteiger partial charge in [-0.2, -0.15) is 0 Å². The molecule has 0 aliphatic heterocycles. The molecule has 0 spiro atoms. The normalized spacial score (nSPS) is 11.6. The van der Waals surface area contributed by atoms with Crippen LogP contribution in [0.3, 0.4) is 0 Å². The highest BCUT2D eigenvalue weighted by atomic mass is 35.5. The second kappa shape index (κ2) is 7.60. The first-order chi connectivity index (χ1) is 10.2. The van der Waals surface area contributed by atoms with Gasteiger partial charge in [0.2, 0.25) is 0 Å². The summed E-state index contributed by atoms with van der Waals surface area (Å²) in [6, 6.07) is 17.6. The van der Waals surface area contributed by atoms with Gasteiger partial charge in [-0.05, 0) is 42.5 Å². The van der Waals surface area contributed by atoms with E-state index in [2.05, 4.69) is 12.1 Å². The smallest absolute Gasteiger partial charge is 0.0550 e. The Bertz CT molecular complexity index is 550. The quantitative estimate of drug-likeness (QED) is 0.821. The third-order valence-corrected chi connectivity index (χ3v) is 4.24. The molecule has 2 nitrogen and oxygen atoms in total. The highest BCUT2D eigenvalue weighted by Crippen LogP contribution is 2.31. The average molecular weight is 305 g/mol. The number of hydrogen-bond acceptors (Lipinski definition) is 2. The van der Waals surface area contributed by atoms with Crippen LogP contribution in [0.4, 0.5) is 0 Å². The lowest BCUT2D eigenvalue weighted by Crippen LogP contribution is -2.35. The highest BCUT2D eigenvalue weighted by Gasteiger charge is 2.30. The fraction of sp³-hybridized carbons (Fsp3) is 0.333. The van der Waals surface area contributed by atoms with Gasteiger partial charge >= 0.3 is 0 Å². The molecule has 0 amide bonds. The van der Waals surface area contributed by atoms with E-state index in [0.717, 1.165) is 24.8 Å². The van der Waals surface area contributed by atoms with E-state index in [0.29, 0.717) is 5.02 Å². The van der Waals surface area contributed by atoms with Crippen molar-refractivity contribution in [3.8, 4) is 0 Å². The molecule has 0 fully saturated rings. The molecule has 0 bridgehead atoms. The Hall–Kier alpha value is -1.35. The van der Waals surface area contributed by atoms with Gasteiger partial charge < -0.3 is 10.2 Å². The predicted molar refractivity (Wildman–Crippen MR) is 86.7 cm³/mol. The first kappa shape index (κ1) is 16.0. The first-order valence-corrected chi connectivity index (χ1v) is 7.60. The van der Waals surface area contributed by atoms with Crippen LogP contribution in [0, 0.1) is 0 Å². The summed E-state index contributed by atoms with van der Waals surface area (Å²) in [5.41, 5.74) is 1.54.